The number of hydrogen-bond donors (Lipinski definition) is 1. The van der Waals surface area contributed by atoms with E-state index in [1.807, 2.05) is 11.7 Å². The van der Waals surface area contributed by atoms with Crippen LogP contribution in [0.25, 0.3) is 0 Å². The molecule has 1 aromatic heterocycles. The first-order chi connectivity index (χ1) is 9.15. The van der Waals surface area contributed by atoms with Crippen molar-refractivity contribution in [1.29, 1.82) is 0 Å². The number of halogens is 1. The van der Waals surface area contributed by atoms with Gasteiger partial charge in [-0.05, 0) is 51.0 Å². The quantitative estimate of drug-likeness (QED) is 0.868. The van der Waals surface area contributed by atoms with Crippen LogP contribution >= 0.6 is 11.6 Å². The van der Waals surface area contributed by atoms with Crippen LogP contribution in [0.2, 0.25) is 5.02 Å². The van der Waals surface area contributed by atoms with Crippen LogP contribution in [0.5, 0.6) is 0 Å². The summed E-state index contributed by atoms with van der Waals surface area (Å²) in [5.41, 5.74) is 2.26. The van der Waals surface area contributed by atoms with E-state index in [1.54, 1.807) is 0 Å². The van der Waals surface area contributed by atoms with Crippen LogP contribution in [0.3, 0.4) is 0 Å². The molecule has 19 heavy (non-hydrogen) atoms. The van der Waals surface area contributed by atoms with E-state index in [0.29, 0.717) is 6.04 Å². The zero-order chi connectivity index (χ0) is 13.8. The van der Waals surface area contributed by atoms with E-state index < -0.39 is 0 Å². The van der Waals surface area contributed by atoms with Gasteiger partial charge >= 0.3 is 0 Å². The molecule has 1 fully saturated rings. The SMILES string of the molecule is CCCNC1CCC(Cc2c(Cl)c(CC)nn2C)C1. The summed E-state index contributed by atoms with van der Waals surface area (Å²) in [6.07, 6.45) is 7.10. The third kappa shape index (κ3) is 3.51. The Morgan fingerprint density at radius 1 is 1.37 bits per heavy atom. The zero-order valence-electron chi connectivity index (χ0n) is 12.4. The molecule has 1 aliphatic rings. The fourth-order valence-electron chi connectivity index (χ4n) is 3.11. The number of aryl methyl sites for hydroxylation is 2. The Labute approximate surface area is 121 Å². The molecule has 0 saturated heterocycles. The lowest BCUT2D eigenvalue weighted by Gasteiger charge is -2.13. The first-order valence-electron chi connectivity index (χ1n) is 7.59. The van der Waals surface area contributed by atoms with Crippen molar-refractivity contribution in [3.63, 3.8) is 0 Å². The van der Waals surface area contributed by atoms with Gasteiger partial charge in [0.25, 0.3) is 0 Å². The van der Waals surface area contributed by atoms with E-state index in [1.165, 1.54) is 31.4 Å². The minimum absolute atomic E-state index is 0.711. The molecule has 2 unspecified atom stereocenters. The zero-order valence-corrected chi connectivity index (χ0v) is 13.1. The first kappa shape index (κ1) is 14.9. The second kappa shape index (κ2) is 6.76. The van der Waals surface area contributed by atoms with E-state index in [2.05, 4.69) is 24.3 Å². The van der Waals surface area contributed by atoms with Crippen molar-refractivity contribution in [3.8, 4) is 0 Å². The smallest absolute Gasteiger partial charge is 0.0849 e. The second-order valence-corrected chi connectivity index (χ2v) is 6.10. The van der Waals surface area contributed by atoms with Crippen molar-refractivity contribution in [3.05, 3.63) is 16.4 Å². The van der Waals surface area contributed by atoms with Crippen LogP contribution in [0.4, 0.5) is 0 Å². The summed E-state index contributed by atoms with van der Waals surface area (Å²) in [6, 6.07) is 0.711. The van der Waals surface area contributed by atoms with Crippen molar-refractivity contribution in [2.45, 2.75) is 58.4 Å². The van der Waals surface area contributed by atoms with Crippen LogP contribution in [-0.4, -0.2) is 22.4 Å². The summed E-state index contributed by atoms with van der Waals surface area (Å²) >= 11 is 6.43. The van der Waals surface area contributed by atoms with Crippen LogP contribution in [0.1, 0.15) is 50.9 Å². The van der Waals surface area contributed by atoms with E-state index in [0.717, 1.165) is 36.0 Å². The molecule has 4 heteroatoms. The maximum Gasteiger partial charge on any atom is 0.0849 e. The molecule has 1 aromatic rings. The number of nitrogens with zero attached hydrogens (tertiary/aromatic N) is 2. The monoisotopic (exact) mass is 283 g/mol. The van der Waals surface area contributed by atoms with Crippen LogP contribution in [0.15, 0.2) is 0 Å². The lowest BCUT2D eigenvalue weighted by Crippen LogP contribution is -2.27. The summed E-state index contributed by atoms with van der Waals surface area (Å²) in [6.45, 7) is 5.48. The highest BCUT2D eigenvalue weighted by Crippen LogP contribution is 2.31. The highest BCUT2D eigenvalue weighted by molar-refractivity contribution is 6.31. The first-order valence-corrected chi connectivity index (χ1v) is 7.97. The summed E-state index contributed by atoms with van der Waals surface area (Å²) in [7, 11) is 2.02. The number of rotatable bonds is 6. The van der Waals surface area contributed by atoms with Crippen molar-refractivity contribution >= 4 is 11.6 Å². The van der Waals surface area contributed by atoms with E-state index in [-0.39, 0.29) is 0 Å². The van der Waals surface area contributed by atoms with Gasteiger partial charge in [-0.2, -0.15) is 5.10 Å². The minimum atomic E-state index is 0.711. The third-order valence-corrected chi connectivity index (χ3v) is 4.65. The molecule has 1 heterocycles. The molecular weight excluding hydrogens is 258 g/mol. The maximum atomic E-state index is 6.43. The van der Waals surface area contributed by atoms with E-state index in [4.69, 9.17) is 11.6 Å². The largest absolute Gasteiger partial charge is 0.314 e. The molecule has 108 valence electrons. The van der Waals surface area contributed by atoms with Gasteiger partial charge in [0.15, 0.2) is 0 Å². The Morgan fingerprint density at radius 2 is 2.16 bits per heavy atom. The Kier molecular flexibility index (Phi) is 5.28. The van der Waals surface area contributed by atoms with Gasteiger partial charge in [-0.15, -0.1) is 0 Å². The lowest BCUT2D eigenvalue weighted by molar-refractivity contribution is 0.475. The minimum Gasteiger partial charge on any atom is -0.314 e. The van der Waals surface area contributed by atoms with Gasteiger partial charge in [-0.3, -0.25) is 4.68 Å². The van der Waals surface area contributed by atoms with Crippen molar-refractivity contribution in [2.75, 3.05) is 6.54 Å². The van der Waals surface area contributed by atoms with E-state index >= 15 is 0 Å². The highest BCUT2D eigenvalue weighted by atomic mass is 35.5. The van der Waals surface area contributed by atoms with Gasteiger partial charge in [0.2, 0.25) is 0 Å². The topological polar surface area (TPSA) is 29.9 Å². The van der Waals surface area contributed by atoms with Crippen molar-refractivity contribution in [1.82, 2.24) is 15.1 Å². The molecule has 0 spiro atoms. The van der Waals surface area contributed by atoms with Gasteiger partial charge in [-0.25, -0.2) is 0 Å². The normalized spacial score (nSPS) is 23.2. The predicted molar refractivity (Wildman–Crippen MR) is 80.7 cm³/mol. The van der Waals surface area contributed by atoms with Crippen LogP contribution in [-0.2, 0) is 19.9 Å². The van der Waals surface area contributed by atoms with Crippen molar-refractivity contribution in [2.24, 2.45) is 13.0 Å². The Morgan fingerprint density at radius 3 is 2.79 bits per heavy atom. The van der Waals surface area contributed by atoms with Gasteiger partial charge in [0.05, 0.1) is 16.4 Å². The number of nitrogens with one attached hydrogen (secondary N) is 1. The average molecular weight is 284 g/mol. The maximum absolute atomic E-state index is 6.43. The van der Waals surface area contributed by atoms with E-state index in [9.17, 15) is 0 Å². The fraction of sp³-hybridized carbons (Fsp3) is 0.800. The molecule has 2 atom stereocenters. The molecule has 0 aliphatic heterocycles. The molecule has 2 rings (SSSR count). The van der Waals surface area contributed by atoms with Gasteiger partial charge in [-0.1, -0.05) is 25.4 Å². The Hall–Kier alpha value is -0.540. The molecule has 3 nitrogen and oxygen atoms in total. The lowest BCUT2D eigenvalue weighted by atomic mass is 10.0. The molecule has 0 aromatic carbocycles. The summed E-state index contributed by atoms with van der Waals surface area (Å²) in [5.74, 6) is 0.756. The van der Waals surface area contributed by atoms with Gasteiger partial charge in [0.1, 0.15) is 0 Å². The molecule has 1 N–H and O–H groups in total. The second-order valence-electron chi connectivity index (χ2n) is 5.72. The van der Waals surface area contributed by atoms with Crippen LogP contribution < -0.4 is 5.32 Å². The molecule has 1 saturated carbocycles. The Balaban J connectivity index is 1.94. The van der Waals surface area contributed by atoms with Crippen molar-refractivity contribution < 1.29 is 0 Å². The molecule has 0 amide bonds. The van der Waals surface area contributed by atoms with Gasteiger partial charge < -0.3 is 5.32 Å². The standard InChI is InChI=1S/C15H26ClN3/c1-4-8-17-12-7-6-11(9-12)10-14-15(16)13(5-2)18-19(14)3/h11-12,17H,4-10H2,1-3H3. The molecule has 0 radical (unpaired) electrons. The summed E-state index contributed by atoms with van der Waals surface area (Å²) in [4.78, 5) is 0. The molecule has 0 bridgehead atoms. The summed E-state index contributed by atoms with van der Waals surface area (Å²) in [5, 5.41) is 9.04. The molecular formula is C15H26ClN3. The molecule has 1 aliphatic carbocycles. The highest BCUT2D eigenvalue weighted by Gasteiger charge is 2.26. The fourth-order valence-corrected chi connectivity index (χ4v) is 3.48. The summed E-state index contributed by atoms with van der Waals surface area (Å²) < 4.78 is 1.98. The predicted octanol–water partition coefficient (Wildman–Crippen LogP) is 3.35. The number of aromatic nitrogens is 2. The average Bonchev–Trinajstić information content (AvgIpc) is 2.96. The Bertz CT molecular complexity index is 414. The van der Waals surface area contributed by atoms with Gasteiger partial charge in [0, 0.05) is 13.1 Å². The third-order valence-electron chi connectivity index (χ3n) is 4.21. The number of hydrogen-bond acceptors (Lipinski definition) is 2. The van der Waals surface area contributed by atoms with Crippen LogP contribution in [0, 0.1) is 5.92 Å².